The highest BCUT2D eigenvalue weighted by Crippen LogP contribution is 2.12. The van der Waals surface area contributed by atoms with Gasteiger partial charge in [0.25, 0.3) is 5.56 Å². The fourth-order valence-corrected chi connectivity index (χ4v) is 2.72. The minimum atomic E-state index is -0.352. The van der Waals surface area contributed by atoms with Gasteiger partial charge in [-0.2, -0.15) is 0 Å². The van der Waals surface area contributed by atoms with E-state index in [1.807, 2.05) is 19.9 Å². The zero-order valence-electron chi connectivity index (χ0n) is 12.8. The van der Waals surface area contributed by atoms with Gasteiger partial charge in [0, 0.05) is 16.2 Å². The smallest absolute Gasteiger partial charge is 0.338 e. The Kier molecular flexibility index (Phi) is 5.19. The highest BCUT2D eigenvalue weighted by atomic mass is 79.9. The van der Waals surface area contributed by atoms with E-state index in [2.05, 4.69) is 15.9 Å². The molecule has 0 atom stereocenters. The summed E-state index contributed by atoms with van der Waals surface area (Å²) in [5.41, 5.74) is 1.99. The largest absolute Gasteiger partial charge is 0.459 e. The maximum Gasteiger partial charge on any atom is 0.338 e. The number of halogens is 1. The van der Waals surface area contributed by atoms with Crippen LogP contribution >= 0.6 is 15.9 Å². The van der Waals surface area contributed by atoms with Crippen molar-refractivity contribution in [3.8, 4) is 0 Å². The molecule has 0 amide bonds. The van der Waals surface area contributed by atoms with E-state index in [9.17, 15) is 9.59 Å². The standard InChI is InChI=1S/C17H18BrNO3/c1-11(2)22-17(21)14-6-4-5-13(8-14)9-19-10-15(18)7-12(3)16(19)20/h4-8,10-11H,9H2,1-3H3. The molecule has 1 aromatic heterocycles. The van der Waals surface area contributed by atoms with Gasteiger partial charge in [-0.25, -0.2) is 4.79 Å². The zero-order valence-corrected chi connectivity index (χ0v) is 14.4. The van der Waals surface area contributed by atoms with Crippen LogP contribution in [0.25, 0.3) is 0 Å². The molecule has 0 aliphatic rings. The van der Waals surface area contributed by atoms with Crippen LogP contribution in [0.2, 0.25) is 0 Å². The van der Waals surface area contributed by atoms with E-state index in [4.69, 9.17) is 4.74 Å². The van der Waals surface area contributed by atoms with Crippen molar-refractivity contribution in [3.05, 3.63) is 68.0 Å². The third-order valence-corrected chi connectivity index (χ3v) is 3.52. The van der Waals surface area contributed by atoms with Crippen LogP contribution in [-0.4, -0.2) is 16.6 Å². The van der Waals surface area contributed by atoms with E-state index >= 15 is 0 Å². The second-order valence-corrected chi connectivity index (χ2v) is 6.34. The van der Waals surface area contributed by atoms with E-state index in [1.54, 1.807) is 42.0 Å². The van der Waals surface area contributed by atoms with Crippen LogP contribution in [0.4, 0.5) is 0 Å². The van der Waals surface area contributed by atoms with E-state index in [-0.39, 0.29) is 17.6 Å². The van der Waals surface area contributed by atoms with Crippen LogP contribution in [0.15, 0.2) is 45.8 Å². The van der Waals surface area contributed by atoms with Gasteiger partial charge >= 0.3 is 5.97 Å². The minimum absolute atomic E-state index is 0.0432. The van der Waals surface area contributed by atoms with Crippen LogP contribution in [0, 0.1) is 6.92 Å². The van der Waals surface area contributed by atoms with E-state index in [0.717, 1.165) is 10.0 Å². The quantitative estimate of drug-likeness (QED) is 0.780. The molecule has 0 radical (unpaired) electrons. The molecule has 0 fully saturated rings. The molecule has 0 N–H and O–H groups in total. The average Bonchev–Trinajstić information content (AvgIpc) is 2.44. The predicted molar refractivity (Wildman–Crippen MR) is 89.2 cm³/mol. The summed E-state index contributed by atoms with van der Waals surface area (Å²) in [6, 6.07) is 8.93. The Balaban J connectivity index is 2.28. The number of aromatic nitrogens is 1. The lowest BCUT2D eigenvalue weighted by Gasteiger charge is -2.11. The van der Waals surface area contributed by atoms with Crippen LogP contribution in [-0.2, 0) is 11.3 Å². The number of hydrogen-bond donors (Lipinski definition) is 0. The Hall–Kier alpha value is -1.88. The Morgan fingerprint density at radius 1 is 1.32 bits per heavy atom. The Bertz CT molecular complexity index is 750. The first-order chi connectivity index (χ1) is 10.4. The van der Waals surface area contributed by atoms with Crippen molar-refractivity contribution in [1.29, 1.82) is 0 Å². The number of hydrogen-bond acceptors (Lipinski definition) is 3. The van der Waals surface area contributed by atoms with Gasteiger partial charge in [-0.3, -0.25) is 4.79 Å². The summed E-state index contributed by atoms with van der Waals surface area (Å²) in [6.45, 7) is 5.80. The van der Waals surface area contributed by atoms with Gasteiger partial charge in [-0.05, 0) is 60.5 Å². The van der Waals surface area contributed by atoms with Crippen LogP contribution < -0.4 is 5.56 Å². The maximum absolute atomic E-state index is 12.1. The number of nitrogens with zero attached hydrogens (tertiary/aromatic N) is 1. The van der Waals surface area contributed by atoms with Gasteiger partial charge in [0.05, 0.1) is 18.2 Å². The minimum Gasteiger partial charge on any atom is -0.459 e. The molecular weight excluding hydrogens is 346 g/mol. The molecule has 2 rings (SSSR count). The lowest BCUT2D eigenvalue weighted by atomic mass is 10.1. The van der Waals surface area contributed by atoms with E-state index in [1.165, 1.54) is 0 Å². The summed E-state index contributed by atoms with van der Waals surface area (Å²) in [5, 5.41) is 0. The molecule has 22 heavy (non-hydrogen) atoms. The molecule has 0 saturated carbocycles. The molecule has 116 valence electrons. The number of benzene rings is 1. The maximum atomic E-state index is 12.1. The number of carbonyl (C=O) groups is 1. The number of esters is 1. The number of aryl methyl sites for hydroxylation is 1. The molecule has 0 unspecified atom stereocenters. The zero-order chi connectivity index (χ0) is 16.3. The first-order valence-electron chi connectivity index (χ1n) is 7.03. The summed E-state index contributed by atoms with van der Waals surface area (Å²) in [4.78, 5) is 24.1. The highest BCUT2D eigenvalue weighted by Gasteiger charge is 2.10. The summed E-state index contributed by atoms with van der Waals surface area (Å²) in [5.74, 6) is -0.352. The molecule has 0 aliphatic heterocycles. The molecule has 1 aromatic carbocycles. The average molecular weight is 364 g/mol. The van der Waals surface area contributed by atoms with Crippen molar-refractivity contribution in [1.82, 2.24) is 4.57 Å². The first-order valence-corrected chi connectivity index (χ1v) is 7.82. The molecular formula is C17H18BrNO3. The van der Waals surface area contributed by atoms with Gasteiger partial charge in [0.1, 0.15) is 0 Å². The van der Waals surface area contributed by atoms with Gasteiger partial charge in [0.2, 0.25) is 0 Å². The molecule has 5 heteroatoms. The summed E-state index contributed by atoms with van der Waals surface area (Å²) >= 11 is 3.39. The molecule has 2 aromatic rings. The van der Waals surface area contributed by atoms with Crippen LogP contribution in [0.5, 0.6) is 0 Å². The van der Waals surface area contributed by atoms with Crippen molar-refractivity contribution >= 4 is 21.9 Å². The highest BCUT2D eigenvalue weighted by molar-refractivity contribution is 9.10. The molecule has 0 bridgehead atoms. The van der Waals surface area contributed by atoms with Crippen molar-refractivity contribution in [3.63, 3.8) is 0 Å². The molecule has 0 saturated heterocycles. The Morgan fingerprint density at radius 3 is 2.73 bits per heavy atom. The molecule has 1 heterocycles. The number of ether oxygens (including phenoxy) is 1. The fourth-order valence-electron chi connectivity index (χ4n) is 2.13. The summed E-state index contributed by atoms with van der Waals surface area (Å²) in [7, 11) is 0. The van der Waals surface area contributed by atoms with E-state index in [0.29, 0.717) is 17.7 Å². The van der Waals surface area contributed by atoms with Crippen LogP contribution in [0.1, 0.15) is 35.3 Å². The van der Waals surface area contributed by atoms with Gasteiger partial charge in [-0.15, -0.1) is 0 Å². The summed E-state index contributed by atoms with van der Waals surface area (Å²) in [6.07, 6.45) is 1.58. The Labute approximate surface area is 137 Å². The number of carbonyl (C=O) groups excluding carboxylic acids is 1. The molecule has 0 spiro atoms. The van der Waals surface area contributed by atoms with Crippen molar-refractivity contribution in [2.45, 2.75) is 33.4 Å². The second kappa shape index (κ2) is 6.92. The fraction of sp³-hybridized carbons (Fsp3) is 0.294. The third kappa shape index (κ3) is 4.07. The van der Waals surface area contributed by atoms with E-state index < -0.39 is 0 Å². The second-order valence-electron chi connectivity index (χ2n) is 5.43. The lowest BCUT2D eigenvalue weighted by molar-refractivity contribution is 0.0378. The Morgan fingerprint density at radius 2 is 2.05 bits per heavy atom. The predicted octanol–water partition coefficient (Wildman–Crippen LogP) is 3.53. The van der Waals surface area contributed by atoms with Gasteiger partial charge < -0.3 is 9.30 Å². The SMILES string of the molecule is Cc1cc(Br)cn(Cc2cccc(C(=O)OC(C)C)c2)c1=O. The number of rotatable bonds is 4. The monoisotopic (exact) mass is 363 g/mol. The third-order valence-electron chi connectivity index (χ3n) is 3.09. The summed E-state index contributed by atoms with van der Waals surface area (Å²) < 4.78 is 7.65. The van der Waals surface area contributed by atoms with Crippen LogP contribution in [0.3, 0.4) is 0 Å². The van der Waals surface area contributed by atoms with Crippen molar-refractivity contribution in [2.75, 3.05) is 0 Å². The normalized spacial score (nSPS) is 10.8. The lowest BCUT2D eigenvalue weighted by Crippen LogP contribution is -2.22. The van der Waals surface area contributed by atoms with Crippen molar-refractivity contribution < 1.29 is 9.53 Å². The number of pyridine rings is 1. The molecule has 4 nitrogen and oxygen atoms in total. The first kappa shape index (κ1) is 16.5. The topological polar surface area (TPSA) is 48.3 Å². The van der Waals surface area contributed by atoms with Crippen molar-refractivity contribution in [2.24, 2.45) is 0 Å². The molecule has 0 aliphatic carbocycles. The van der Waals surface area contributed by atoms with Gasteiger partial charge in [0.15, 0.2) is 0 Å². The van der Waals surface area contributed by atoms with Gasteiger partial charge in [-0.1, -0.05) is 12.1 Å².